The third-order valence-electron chi connectivity index (χ3n) is 5.14. The molecule has 2 N–H and O–H groups in total. The predicted molar refractivity (Wildman–Crippen MR) is 75.6 cm³/mol. The number of ether oxygens (including phenoxy) is 1. The number of nitrogens with two attached hydrogens (primary N) is 1. The van der Waals surface area contributed by atoms with Crippen LogP contribution in [0.15, 0.2) is 0 Å². The van der Waals surface area contributed by atoms with Crippen LogP contribution in [-0.2, 0) is 4.74 Å². The maximum absolute atomic E-state index is 6.15. The fourth-order valence-corrected chi connectivity index (χ4v) is 3.86. The minimum Gasteiger partial charge on any atom is -0.377 e. The molecule has 3 nitrogen and oxygen atoms in total. The zero-order valence-electron chi connectivity index (χ0n) is 12.2. The molecule has 18 heavy (non-hydrogen) atoms. The summed E-state index contributed by atoms with van der Waals surface area (Å²) >= 11 is 0. The summed E-state index contributed by atoms with van der Waals surface area (Å²) in [6.45, 7) is 8.54. The van der Waals surface area contributed by atoms with Gasteiger partial charge in [-0.1, -0.05) is 20.3 Å². The van der Waals surface area contributed by atoms with Crippen molar-refractivity contribution in [3.05, 3.63) is 0 Å². The van der Waals surface area contributed by atoms with E-state index in [1.54, 1.807) is 0 Å². The lowest BCUT2D eigenvalue weighted by atomic mass is 9.92. The SMILES string of the molecule is CCC1CCC(CN)(N(CC)CC2CCCO2)C1. The van der Waals surface area contributed by atoms with Crippen molar-refractivity contribution < 1.29 is 4.74 Å². The van der Waals surface area contributed by atoms with Gasteiger partial charge < -0.3 is 10.5 Å². The maximum Gasteiger partial charge on any atom is 0.0703 e. The molecule has 1 saturated carbocycles. The van der Waals surface area contributed by atoms with Crippen LogP contribution in [0.2, 0.25) is 0 Å². The Bertz CT molecular complexity index is 253. The Hall–Kier alpha value is -0.120. The van der Waals surface area contributed by atoms with E-state index >= 15 is 0 Å². The number of nitrogens with zero attached hydrogens (tertiary/aromatic N) is 1. The van der Waals surface area contributed by atoms with Crippen LogP contribution in [0.25, 0.3) is 0 Å². The van der Waals surface area contributed by atoms with E-state index in [1.807, 2.05) is 0 Å². The Balaban J connectivity index is 1.99. The summed E-state index contributed by atoms with van der Waals surface area (Å²) in [5, 5.41) is 0. The lowest BCUT2D eigenvalue weighted by Gasteiger charge is -2.41. The average molecular weight is 254 g/mol. The molecule has 3 heteroatoms. The largest absolute Gasteiger partial charge is 0.377 e. The number of rotatable bonds is 6. The predicted octanol–water partition coefficient (Wildman–Crippen LogP) is 2.39. The van der Waals surface area contributed by atoms with Gasteiger partial charge in [0.1, 0.15) is 0 Å². The third-order valence-corrected chi connectivity index (χ3v) is 5.14. The quantitative estimate of drug-likeness (QED) is 0.791. The van der Waals surface area contributed by atoms with E-state index in [0.29, 0.717) is 6.10 Å². The summed E-state index contributed by atoms with van der Waals surface area (Å²) in [5.74, 6) is 0.882. The van der Waals surface area contributed by atoms with Crippen molar-refractivity contribution in [3.63, 3.8) is 0 Å². The first-order valence-corrected chi connectivity index (χ1v) is 7.80. The van der Waals surface area contributed by atoms with Gasteiger partial charge in [-0.25, -0.2) is 0 Å². The van der Waals surface area contributed by atoms with Crippen LogP contribution in [0, 0.1) is 5.92 Å². The molecule has 0 amide bonds. The highest BCUT2D eigenvalue weighted by atomic mass is 16.5. The van der Waals surface area contributed by atoms with Crippen LogP contribution in [-0.4, -0.2) is 42.8 Å². The molecule has 3 unspecified atom stereocenters. The van der Waals surface area contributed by atoms with Crippen LogP contribution in [0.3, 0.4) is 0 Å². The summed E-state index contributed by atoms with van der Waals surface area (Å²) in [5.41, 5.74) is 6.42. The highest BCUT2D eigenvalue weighted by Gasteiger charge is 2.42. The molecule has 106 valence electrons. The molecule has 2 rings (SSSR count). The van der Waals surface area contributed by atoms with Crippen molar-refractivity contribution >= 4 is 0 Å². The van der Waals surface area contributed by atoms with Crippen LogP contribution in [0.5, 0.6) is 0 Å². The van der Waals surface area contributed by atoms with Crippen molar-refractivity contribution in [1.82, 2.24) is 4.90 Å². The molecule has 1 saturated heterocycles. The lowest BCUT2D eigenvalue weighted by molar-refractivity contribution is 0.0246. The van der Waals surface area contributed by atoms with Crippen molar-refractivity contribution in [3.8, 4) is 0 Å². The molecule has 1 heterocycles. The van der Waals surface area contributed by atoms with E-state index in [1.165, 1.54) is 38.5 Å². The molecule has 0 spiro atoms. The molecule has 1 aliphatic heterocycles. The van der Waals surface area contributed by atoms with E-state index in [-0.39, 0.29) is 5.54 Å². The van der Waals surface area contributed by atoms with Crippen molar-refractivity contribution in [1.29, 1.82) is 0 Å². The summed E-state index contributed by atoms with van der Waals surface area (Å²) < 4.78 is 5.81. The Morgan fingerprint density at radius 2 is 2.17 bits per heavy atom. The van der Waals surface area contributed by atoms with Crippen molar-refractivity contribution in [2.75, 3.05) is 26.2 Å². The van der Waals surface area contributed by atoms with Gasteiger partial charge in [-0.2, -0.15) is 0 Å². The summed E-state index contributed by atoms with van der Waals surface area (Å²) in [6.07, 6.45) is 8.15. The van der Waals surface area contributed by atoms with E-state index in [9.17, 15) is 0 Å². The second-order valence-electron chi connectivity index (χ2n) is 6.12. The zero-order chi connectivity index (χ0) is 13.0. The highest BCUT2D eigenvalue weighted by Crippen LogP contribution is 2.40. The molecule has 0 aromatic carbocycles. The lowest BCUT2D eigenvalue weighted by Crippen LogP contribution is -2.54. The summed E-state index contributed by atoms with van der Waals surface area (Å²) in [7, 11) is 0. The molecule has 3 atom stereocenters. The Labute approximate surface area is 112 Å². The molecular formula is C15H30N2O. The minimum atomic E-state index is 0.265. The van der Waals surface area contributed by atoms with Gasteiger partial charge in [-0.05, 0) is 44.6 Å². The standard InChI is InChI=1S/C15H30N2O/c1-3-13-7-8-15(10-13,12-16)17(4-2)11-14-6-5-9-18-14/h13-14H,3-12,16H2,1-2H3. The highest BCUT2D eigenvalue weighted by molar-refractivity contribution is 4.99. The van der Waals surface area contributed by atoms with E-state index < -0.39 is 0 Å². The topological polar surface area (TPSA) is 38.5 Å². The van der Waals surface area contributed by atoms with E-state index in [0.717, 1.165) is 32.2 Å². The number of hydrogen-bond donors (Lipinski definition) is 1. The first-order valence-electron chi connectivity index (χ1n) is 7.80. The fourth-order valence-electron chi connectivity index (χ4n) is 3.86. The average Bonchev–Trinajstić information content (AvgIpc) is 3.05. The van der Waals surface area contributed by atoms with Gasteiger partial charge in [0.25, 0.3) is 0 Å². The van der Waals surface area contributed by atoms with Gasteiger partial charge in [-0.15, -0.1) is 0 Å². The van der Waals surface area contributed by atoms with Gasteiger partial charge in [0, 0.05) is 25.2 Å². The van der Waals surface area contributed by atoms with Gasteiger partial charge in [0.05, 0.1) is 6.10 Å². The van der Waals surface area contributed by atoms with Gasteiger partial charge in [-0.3, -0.25) is 4.90 Å². The first kappa shape index (κ1) is 14.3. The monoisotopic (exact) mass is 254 g/mol. The Kier molecular flexibility index (Phi) is 5.05. The molecule has 0 radical (unpaired) electrons. The van der Waals surface area contributed by atoms with Gasteiger partial charge in [0.15, 0.2) is 0 Å². The molecular weight excluding hydrogens is 224 g/mol. The van der Waals surface area contributed by atoms with Crippen LogP contribution in [0.1, 0.15) is 52.4 Å². The number of likely N-dealkylation sites (N-methyl/N-ethyl adjacent to an activating group) is 1. The van der Waals surface area contributed by atoms with Crippen LogP contribution < -0.4 is 5.73 Å². The molecule has 0 aromatic heterocycles. The minimum absolute atomic E-state index is 0.265. The third kappa shape index (κ3) is 2.89. The fraction of sp³-hybridized carbons (Fsp3) is 1.00. The Morgan fingerprint density at radius 3 is 2.67 bits per heavy atom. The molecule has 2 aliphatic rings. The normalized spacial score (nSPS) is 36.7. The summed E-state index contributed by atoms with van der Waals surface area (Å²) in [6, 6.07) is 0. The van der Waals surface area contributed by atoms with Crippen molar-refractivity contribution in [2.45, 2.75) is 64.0 Å². The maximum atomic E-state index is 6.15. The van der Waals surface area contributed by atoms with Gasteiger partial charge >= 0.3 is 0 Å². The molecule has 1 aliphatic carbocycles. The van der Waals surface area contributed by atoms with E-state index in [2.05, 4.69) is 18.7 Å². The van der Waals surface area contributed by atoms with E-state index in [4.69, 9.17) is 10.5 Å². The van der Waals surface area contributed by atoms with Gasteiger partial charge in [0.2, 0.25) is 0 Å². The van der Waals surface area contributed by atoms with Crippen molar-refractivity contribution in [2.24, 2.45) is 11.7 Å². The van der Waals surface area contributed by atoms with Crippen LogP contribution >= 0.6 is 0 Å². The summed E-state index contributed by atoms with van der Waals surface area (Å²) in [4.78, 5) is 2.62. The van der Waals surface area contributed by atoms with Crippen LogP contribution in [0.4, 0.5) is 0 Å². The Morgan fingerprint density at radius 1 is 1.33 bits per heavy atom. The second-order valence-corrected chi connectivity index (χ2v) is 6.12. The molecule has 0 bridgehead atoms. The zero-order valence-corrected chi connectivity index (χ0v) is 12.2. The molecule has 2 fully saturated rings. The molecule has 0 aromatic rings. The first-order chi connectivity index (χ1) is 8.74. The number of hydrogen-bond acceptors (Lipinski definition) is 3. The second kappa shape index (κ2) is 6.36. The smallest absolute Gasteiger partial charge is 0.0703 e.